The summed E-state index contributed by atoms with van der Waals surface area (Å²) in [5.74, 6) is -0.769. The Kier molecular flexibility index (Phi) is 7.22. The van der Waals surface area contributed by atoms with Gasteiger partial charge in [0.25, 0.3) is 0 Å². The summed E-state index contributed by atoms with van der Waals surface area (Å²) in [7, 11) is -2.34. The monoisotopic (exact) mass is 464 g/mol. The number of sulfonamides is 1. The fourth-order valence-electron chi connectivity index (χ4n) is 3.70. The van der Waals surface area contributed by atoms with Crippen LogP contribution in [-0.2, 0) is 14.8 Å². The Morgan fingerprint density at radius 2 is 2.00 bits per heavy atom. The van der Waals surface area contributed by atoms with Gasteiger partial charge in [-0.25, -0.2) is 12.8 Å². The fourth-order valence-corrected chi connectivity index (χ4v) is 5.53. The number of ether oxygens (including phenoxy) is 1. The van der Waals surface area contributed by atoms with Crippen LogP contribution in [0.4, 0.5) is 4.39 Å². The van der Waals surface area contributed by atoms with E-state index in [4.69, 9.17) is 4.74 Å². The highest BCUT2D eigenvalue weighted by Crippen LogP contribution is 2.37. The molecule has 0 radical (unpaired) electrons. The van der Waals surface area contributed by atoms with E-state index in [1.54, 1.807) is 38.2 Å². The first-order valence-corrected chi connectivity index (χ1v) is 11.9. The number of halogens is 1. The molecule has 1 heterocycles. The SMILES string of the molecule is CC(=O)N(C)C[C@@H]1Oc2cc(-c3ccccc3F)ccc2S(=O)(=O)N([C@@H](C)CO)C[C@@H]1C. The van der Waals surface area contributed by atoms with Crippen molar-refractivity contribution in [2.75, 3.05) is 26.7 Å². The summed E-state index contributed by atoms with van der Waals surface area (Å²) >= 11 is 0. The maximum Gasteiger partial charge on any atom is 0.247 e. The van der Waals surface area contributed by atoms with Gasteiger partial charge < -0.3 is 14.7 Å². The Morgan fingerprint density at radius 1 is 1.31 bits per heavy atom. The number of amides is 1. The van der Waals surface area contributed by atoms with Crippen LogP contribution < -0.4 is 4.74 Å². The lowest BCUT2D eigenvalue weighted by Gasteiger charge is -2.37. The number of carbonyl (C=O) groups is 1. The summed E-state index contributed by atoms with van der Waals surface area (Å²) in [6.45, 7) is 4.96. The van der Waals surface area contributed by atoms with Crippen molar-refractivity contribution < 1.29 is 27.4 Å². The summed E-state index contributed by atoms with van der Waals surface area (Å²) in [6, 6.07) is 10.0. The van der Waals surface area contributed by atoms with Gasteiger partial charge in [0.2, 0.25) is 15.9 Å². The van der Waals surface area contributed by atoms with Crippen LogP contribution in [0.1, 0.15) is 20.8 Å². The molecule has 0 saturated heterocycles. The summed E-state index contributed by atoms with van der Waals surface area (Å²) in [6.07, 6.45) is -0.512. The van der Waals surface area contributed by atoms with Crippen LogP contribution in [0.3, 0.4) is 0 Å². The number of aliphatic hydroxyl groups is 1. The van der Waals surface area contributed by atoms with E-state index in [0.717, 1.165) is 0 Å². The molecule has 0 aliphatic carbocycles. The van der Waals surface area contributed by atoms with Gasteiger partial charge in [-0.15, -0.1) is 0 Å². The van der Waals surface area contributed by atoms with Crippen molar-refractivity contribution in [2.24, 2.45) is 5.92 Å². The number of aliphatic hydroxyl groups excluding tert-OH is 1. The van der Waals surface area contributed by atoms with Crippen LogP contribution in [0.2, 0.25) is 0 Å². The molecule has 3 atom stereocenters. The van der Waals surface area contributed by atoms with Gasteiger partial charge in [-0.3, -0.25) is 4.79 Å². The summed E-state index contributed by atoms with van der Waals surface area (Å²) < 4.78 is 48.8. The zero-order chi connectivity index (χ0) is 23.6. The van der Waals surface area contributed by atoms with Gasteiger partial charge in [-0.05, 0) is 30.7 Å². The Hall–Kier alpha value is -2.49. The molecule has 1 aliphatic heterocycles. The van der Waals surface area contributed by atoms with E-state index in [2.05, 4.69) is 0 Å². The maximum atomic E-state index is 14.4. The molecule has 174 valence electrons. The van der Waals surface area contributed by atoms with Gasteiger partial charge in [-0.2, -0.15) is 4.31 Å². The van der Waals surface area contributed by atoms with Crippen LogP contribution in [0, 0.1) is 11.7 Å². The Balaban J connectivity index is 2.16. The number of hydrogen-bond acceptors (Lipinski definition) is 5. The first kappa shape index (κ1) is 24.2. The molecule has 0 fully saturated rings. The fraction of sp³-hybridized carbons (Fsp3) is 0.435. The molecule has 32 heavy (non-hydrogen) atoms. The van der Waals surface area contributed by atoms with Crippen LogP contribution in [0.5, 0.6) is 5.75 Å². The maximum absolute atomic E-state index is 14.4. The van der Waals surface area contributed by atoms with Crippen molar-refractivity contribution in [1.29, 1.82) is 0 Å². The normalized spacial score (nSPS) is 21.6. The smallest absolute Gasteiger partial charge is 0.247 e. The first-order valence-electron chi connectivity index (χ1n) is 10.5. The van der Waals surface area contributed by atoms with E-state index in [-0.39, 0.29) is 42.2 Å². The molecule has 3 rings (SSSR count). The van der Waals surface area contributed by atoms with Gasteiger partial charge in [0.05, 0.1) is 13.2 Å². The van der Waals surface area contributed by atoms with Gasteiger partial charge >= 0.3 is 0 Å². The average Bonchev–Trinajstić information content (AvgIpc) is 2.75. The predicted octanol–water partition coefficient (Wildman–Crippen LogP) is 2.74. The zero-order valence-corrected chi connectivity index (χ0v) is 19.5. The van der Waals surface area contributed by atoms with Crippen LogP contribution >= 0.6 is 0 Å². The van der Waals surface area contributed by atoms with Crippen molar-refractivity contribution in [2.45, 2.75) is 37.8 Å². The molecule has 2 aromatic carbocycles. The molecule has 0 bridgehead atoms. The third-order valence-electron chi connectivity index (χ3n) is 5.84. The third kappa shape index (κ3) is 4.79. The number of rotatable bonds is 5. The van der Waals surface area contributed by atoms with Crippen LogP contribution in [0.15, 0.2) is 47.4 Å². The van der Waals surface area contributed by atoms with E-state index >= 15 is 0 Å². The number of benzene rings is 2. The average molecular weight is 465 g/mol. The van der Waals surface area contributed by atoms with Crippen molar-refractivity contribution in [3.63, 3.8) is 0 Å². The lowest BCUT2D eigenvalue weighted by Crippen LogP contribution is -2.50. The standard InChI is InChI=1S/C23H29FN2O5S/c1-15-12-26(16(2)14-27)32(29,30)23-10-9-18(19-7-5-6-8-20(19)24)11-21(23)31-22(15)13-25(4)17(3)28/h5-11,15-16,22,27H,12-14H2,1-4H3/t15-,16-,22-/m0/s1. The molecule has 0 unspecified atom stereocenters. The molecule has 1 N–H and O–H groups in total. The molecule has 7 nitrogen and oxygen atoms in total. The second kappa shape index (κ2) is 9.56. The van der Waals surface area contributed by atoms with E-state index in [9.17, 15) is 22.7 Å². The topological polar surface area (TPSA) is 87.2 Å². The molecule has 0 saturated carbocycles. The highest BCUT2D eigenvalue weighted by molar-refractivity contribution is 7.89. The van der Waals surface area contributed by atoms with Gasteiger partial charge in [0.1, 0.15) is 22.6 Å². The lowest BCUT2D eigenvalue weighted by molar-refractivity contribution is -0.129. The van der Waals surface area contributed by atoms with Crippen molar-refractivity contribution in [3.05, 3.63) is 48.3 Å². The highest BCUT2D eigenvalue weighted by atomic mass is 32.2. The predicted molar refractivity (Wildman–Crippen MR) is 119 cm³/mol. The largest absolute Gasteiger partial charge is 0.487 e. The molecule has 0 spiro atoms. The van der Waals surface area contributed by atoms with E-state index in [1.165, 1.54) is 34.3 Å². The molecule has 9 heteroatoms. The first-order chi connectivity index (χ1) is 15.1. The Bertz CT molecular complexity index is 1090. The highest BCUT2D eigenvalue weighted by Gasteiger charge is 2.38. The molecule has 1 amide bonds. The number of nitrogens with zero attached hydrogens (tertiary/aromatic N) is 2. The zero-order valence-electron chi connectivity index (χ0n) is 18.7. The summed E-state index contributed by atoms with van der Waals surface area (Å²) in [4.78, 5) is 13.3. The van der Waals surface area contributed by atoms with Crippen LogP contribution in [-0.4, -0.2) is 67.5 Å². The van der Waals surface area contributed by atoms with Crippen molar-refractivity contribution in [1.82, 2.24) is 9.21 Å². The molecule has 2 aromatic rings. The molecular weight excluding hydrogens is 435 g/mol. The number of likely N-dealkylation sites (N-methyl/N-ethyl adjacent to an activating group) is 1. The van der Waals surface area contributed by atoms with E-state index < -0.39 is 28.0 Å². The second-order valence-electron chi connectivity index (χ2n) is 8.28. The van der Waals surface area contributed by atoms with Crippen molar-refractivity contribution >= 4 is 15.9 Å². The third-order valence-corrected chi connectivity index (χ3v) is 7.86. The van der Waals surface area contributed by atoms with Gasteiger partial charge in [0.15, 0.2) is 0 Å². The Labute approximate surface area is 188 Å². The Morgan fingerprint density at radius 3 is 2.62 bits per heavy atom. The number of fused-ring (bicyclic) bond motifs is 1. The quantitative estimate of drug-likeness (QED) is 0.735. The van der Waals surface area contributed by atoms with Gasteiger partial charge in [0, 0.05) is 38.0 Å². The van der Waals surface area contributed by atoms with Crippen molar-refractivity contribution in [3.8, 4) is 16.9 Å². The number of carbonyl (C=O) groups excluding carboxylic acids is 1. The van der Waals surface area contributed by atoms with E-state index in [1.807, 2.05) is 6.92 Å². The second-order valence-corrected chi connectivity index (χ2v) is 10.1. The summed E-state index contributed by atoms with van der Waals surface area (Å²) in [5, 5.41) is 9.69. The minimum atomic E-state index is -3.99. The van der Waals surface area contributed by atoms with Gasteiger partial charge in [-0.1, -0.05) is 31.2 Å². The summed E-state index contributed by atoms with van der Waals surface area (Å²) in [5.41, 5.74) is 0.801. The van der Waals surface area contributed by atoms with E-state index in [0.29, 0.717) is 11.1 Å². The number of hydrogen-bond donors (Lipinski definition) is 1. The van der Waals surface area contributed by atoms with Crippen LogP contribution in [0.25, 0.3) is 11.1 Å². The minimum absolute atomic E-state index is 0.0553. The molecule has 0 aromatic heterocycles. The lowest BCUT2D eigenvalue weighted by atomic mass is 10.0. The minimum Gasteiger partial charge on any atom is -0.487 e. The molecule has 1 aliphatic rings. The molecular formula is C23H29FN2O5S.